The smallest absolute Gasteiger partial charge is 0.243 e. The maximum absolute atomic E-state index is 12.1. The highest BCUT2D eigenvalue weighted by molar-refractivity contribution is 5.95. The number of nitrogens with one attached hydrogen (secondary N) is 2. The standard InChI is InChI=1S/C18H22N2O/c1-4-15-9-6-8-14(3)18(15)20-17(21)12-19-16-10-5-7-13(2)11-16/h5-11,19H,4,12H2,1-3H3,(H,20,21). The summed E-state index contributed by atoms with van der Waals surface area (Å²) in [5.41, 5.74) is 5.34. The number of anilines is 2. The van der Waals surface area contributed by atoms with Crippen molar-refractivity contribution >= 4 is 17.3 Å². The lowest BCUT2D eigenvalue weighted by Crippen LogP contribution is -2.22. The topological polar surface area (TPSA) is 41.1 Å². The van der Waals surface area contributed by atoms with Crippen molar-refractivity contribution in [3.63, 3.8) is 0 Å². The van der Waals surface area contributed by atoms with E-state index >= 15 is 0 Å². The summed E-state index contributed by atoms with van der Waals surface area (Å²) in [6.07, 6.45) is 0.905. The van der Waals surface area contributed by atoms with E-state index in [1.54, 1.807) is 0 Å². The van der Waals surface area contributed by atoms with E-state index in [1.165, 1.54) is 11.1 Å². The fourth-order valence-corrected chi connectivity index (χ4v) is 2.32. The van der Waals surface area contributed by atoms with Crippen LogP contribution in [0.25, 0.3) is 0 Å². The van der Waals surface area contributed by atoms with Crippen molar-refractivity contribution in [1.82, 2.24) is 0 Å². The molecule has 2 aromatic rings. The zero-order chi connectivity index (χ0) is 15.2. The fourth-order valence-electron chi connectivity index (χ4n) is 2.32. The SMILES string of the molecule is CCc1cccc(C)c1NC(=O)CNc1cccc(C)c1. The predicted molar refractivity (Wildman–Crippen MR) is 88.9 cm³/mol. The number of hydrogen-bond donors (Lipinski definition) is 2. The van der Waals surface area contributed by atoms with Crippen LogP contribution in [0, 0.1) is 13.8 Å². The zero-order valence-electron chi connectivity index (χ0n) is 12.9. The second-order valence-corrected chi connectivity index (χ2v) is 5.23. The number of amides is 1. The number of carbonyl (C=O) groups excluding carboxylic acids is 1. The highest BCUT2D eigenvalue weighted by Gasteiger charge is 2.08. The Balaban J connectivity index is 1.99. The van der Waals surface area contributed by atoms with E-state index in [0.717, 1.165) is 23.4 Å². The van der Waals surface area contributed by atoms with Gasteiger partial charge in [-0.1, -0.05) is 37.3 Å². The number of carbonyl (C=O) groups is 1. The lowest BCUT2D eigenvalue weighted by molar-refractivity contribution is -0.114. The molecule has 2 rings (SSSR count). The average Bonchev–Trinajstić information content (AvgIpc) is 2.47. The highest BCUT2D eigenvalue weighted by Crippen LogP contribution is 2.21. The van der Waals surface area contributed by atoms with E-state index in [9.17, 15) is 4.79 Å². The van der Waals surface area contributed by atoms with Crippen molar-refractivity contribution in [1.29, 1.82) is 0 Å². The molecule has 1 amide bonds. The maximum Gasteiger partial charge on any atom is 0.243 e. The average molecular weight is 282 g/mol. The van der Waals surface area contributed by atoms with Crippen molar-refractivity contribution in [3.8, 4) is 0 Å². The first-order valence-electron chi connectivity index (χ1n) is 7.29. The molecule has 2 aromatic carbocycles. The monoisotopic (exact) mass is 282 g/mol. The first kappa shape index (κ1) is 15.1. The van der Waals surface area contributed by atoms with Gasteiger partial charge in [0, 0.05) is 11.4 Å². The minimum Gasteiger partial charge on any atom is -0.376 e. The quantitative estimate of drug-likeness (QED) is 0.872. The Kier molecular flexibility index (Phi) is 4.99. The summed E-state index contributed by atoms with van der Waals surface area (Å²) < 4.78 is 0. The highest BCUT2D eigenvalue weighted by atomic mass is 16.1. The van der Waals surface area contributed by atoms with Gasteiger partial charge in [0.05, 0.1) is 6.54 Å². The van der Waals surface area contributed by atoms with E-state index < -0.39 is 0 Å². The van der Waals surface area contributed by atoms with Crippen LogP contribution in [-0.2, 0) is 11.2 Å². The van der Waals surface area contributed by atoms with Crippen LogP contribution in [0.4, 0.5) is 11.4 Å². The molecule has 0 saturated heterocycles. The van der Waals surface area contributed by atoms with Gasteiger partial charge in [0.15, 0.2) is 0 Å². The second kappa shape index (κ2) is 6.93. The van der Waals surface area contributed by atoms with E-state index in [2.05, 4.69) is 23.6 Å². The lowest BCUT2D eigenvalue weighted by atomic mass is 10.1. The fraction of sp³-hybridized carbons (Fsp3) is 0.278. The van der Waals surface area contributed by atoms with Crippen LogP contribution in [0.1, 0.15) is 23.6 Å². The van der Waals surface area contributed by atoms with Crippen LogP contribution < -0.4 is 10.6 Å². The Morgan fingerprint density at radius 3 is 2.57 bits per heavy atom. The van der Waals surface area contributed by atoms with Crippen LogP contribution in [0.2, 0.25) is 0 Å². The van der Waals surface area contributed by atoms with E-state index in [1.807, 2.05) is 50.2 Å². The Morgan fingerprint density at radius 2 is 1.86 bits per heavy atom. The molecule has 0 fully saturated rings. The summed E-state index contributed by atoms with van der Waals surface area (Å²) in [6, 6.07) is 14.1. The molecule has 2 N–H and O–H groups in total. The summed E-state index contributed by atoms with van der Waals surface area (Å²) in [4.78, 5) is 12.1. The molecule has 0 heterocycles. The van der Waals surface area contributed by atoms with Crippen LogP contribution in [-0.4, -0.2) is 12.5 Å². The molecule has 3 nitrogen and oxygen atoms in total. The molecule has 0 radical (unpaired) electrons. The van der Waals surface area contributed by atoms with Gasteiger partial charge in [0.1, 0.15) is 0 Å². The van der Waals surface area contributed by atoms with Gasteiger partial charge in [-0.05, 0) is 49.1 Å². The Bertz CT molecular complexity index is 635. The molecule has 0 aliphatic rings. The van der Waals surface area contributed by atoms with Crippen molar-refractivity contribution in [2.45, 2.75) is 27.2 Å². The van der Waals surface area contributed by atoms with Crippen LogP contribution >= 0.6 is 0 Å². The van der Waals surface area contributed by atoms with Gasteiger partial charge >= 0.3 is 0 Å². The summed E-state index contributed by atoms with van der Waals surface area (Å²) in [6.45, 7) is 6.41. The van der Waals surface area contributed by atoms with Crippen molar-refractivity contribution in [2.24, 2.45) is 0 Å². The predicted octanol–water partition coefficient (Wildman–Crippen LogP) is 3.92. The van der Waals surface area contributed by atoms with E-state index in [-0.39, 0.29) is 12.5 Å². The number of rotatable bonds is 5. The summed E-state index contributed by atoms with van der Waals surface area (Å²) >= 11 is 0. The first-order valence-corrected chi connectivity index (χ1v) is 7.29. The Labute approximate surface area is 126 Å². The Morgan fingerprint density at radius 1 is 1.10 bits per heavy atom. The molecule has 0 unspecified atom stereocenters. The maximum atomic E-state index is 12.1. The molecular formula is C18H22N2O. The summed E-state index contributed by atoms with van der Waals surface area (Å²) in [5, 5.41) is 6.16. The zero-order valence-corrected chi connectivity index (χ0v) is 12.9. The van der Waals surface area contributed by atoms with Crippen molar-refractivity contribution in [2.75, 3.05) is 17.2 Å². The number of para-hydroxylation sites is 1. The van der Waals surface area contributed by atoms with Crippen molar-refractivity contribution in [3.05, 3.63) is 59.2 Å². The first-order chi connectivity index (χ1) is 10.1. The van der Waals surface area contributed by atoms with Gasteiger partial charge in [-0.25, -0.2) is 0 Å². The van der Waals surface area contributed by atoms with E-state index in [0.29, 0.717) is 0 Å². The summed E-state index contributed by atoms with van der Waals surface area (Å²) in [7, 11) is 0. The van der Waals surface area contributed by atoms with Gasteiger partial charge in [-0.2, -0.15) is 0 Å². The molecule has 0 spiro atoms. The molecule has 21 heavy (non-hydrogen) atoms. The van der Waals surface area contributed by atoms with Gasteiger partial charge < -0.3 is 10.6 Å². The third-order valence-corrected chi connectivity index (χ3v) is 3.48. The molecule has 3 heteroatoms. The van der Waals surface area contributed by atoms with Crippen LogP contribution in [0.5, 0.6) is 0 Å². The van der Waals surface area contributed by atoms with Crippen LogP contribution in [0.15, 0.2) is 42.5 Å². The molecular weight excluding hydrogens is 260 g/mol. The lowest BCUT2D eigenvalue weighted by Gasteiger charge is -2.13. The molecule has 0 saturated carbocycles. The van der Waals surface area contributed by atoms with Gasteiger partial charge in [-0.3, -0.25) is 4.79 Å². The minimum absolute atomic E-state index is 0.0273. The number of benzene rings is 2. The van der Waals surface area contributed by atoms with Gasteiger partial charge in [0.2, 0.25) is 5.91 Å². The largest absolute Gasteiger partial charge is 0.376 e. The molecule has 0 aliphatic heterocycles. The molecule has 110 valence electrons. The number of hydrogen-bond acceptors (Lipinski definition) is 2. The van der Waals surface area contributed by atoms with E-state index in [4.69, 9.17) is 0 Å². The molecule has 0 aliphatic carbocycles. The minimum atomic E-state index is -0.0273. The molecule has 0 atom stereocenters. The van der Waals surface area contributed by atoms with Crippen LogP contribution in [0.3, 0.4) is 0 Å². The molecule has 0 aromatic heterocycles. The second-order valence-electron chi connectivity index (χ2n) is 5.23. The molecule has 0 bridgehead atoms. The van der Waals surface area contributed by atoms with Crippen molar-refractivity contribution < 1.29 is 4.79 Å². The Hall–Kier alpha value is -2.29. The summed E-state index contributed by atoms with van der Waals surface area (Å²) in [5.74, 6) is -0.0273. The number of aryl methyl sites for hydroxylation is 3. The van der Waals surface area contributed by atoms with Gasteiger partial charge in [0.25, 0.3) is 0 Å². The van der Waals surface area contributed by atoms with Gasteiger partial charge in [-0.15, -0.1) is 0 Å². The third kappa shape index (κ3) is 4.09. The third-order valence-electron chi connectivity index (χ3n) is 3.48. The normalized spacial score (nSPS) is 10.2.